The van der Waals surface area contributed by atoms with Gasteiger partial charge in [0.25, 0.3) is 0 Å². The Morgan fingerprint density at radius 2 is 2.22 bits per heavy atom. The summed E-state index contributed by atoms with van der Waals surface area (Å²) in [4.78, 5) is 18.2. The predicted molar refractivity (Wildman–Crippen MR) is 81.0 cm³/mol. The second-order valence-corrected chi connectivity index (χ2v) is 6.42. The van der Waals surface area contributed by atoms with Gasteiger partial charge in [0.15, 0.2) is 0 Å². The van der Waals surface area contributed by atoms with Gasteiger partial charge in [0.2, 0.25) is 0 Å². The second-order valence-electron chi connectivity index (χ2n) is 5.26. The zero-order valence-electron chi connectivity index (χ0n) is 11.2. The molecule has 0 unspecified atom stereocenters. The number of amides is 1. The molecule has 0 aliphatic carbocycles. The predicted octanol–water partition coefficient (Wildman–Crippen LogP) is 2.30. The number of hydrogen-bond acceptors (Lipinski definition) is 4. The summed E-state index contributed by atoms with van der Waals surface area (Å²) in [6.45, 7) is 8.56. The Hall–Kier alpha value is -0.790. The molecule has 6 heteroatoms. The summed E-state index contributed by atoms with van der Waals surface area (Å²) in [6, 6.07) is 0.0468. The number of nitrogens with zero attached hydrogens (tertiary/aromatic N) is 2. The molecule has 0 spiro atoms. The van der Waals surface area contributed by atoms with Crippen molar-refractivity contribution in [3.05, 3.63) is 9.78 Å². The van der Waals surface area contributed by atoms with Crippen molar-refractivity contribution in [2.24, 2.45) is 10.7 Å². The third-order valence-corrected chi connectivity index (χ3v) is 3.43. The van der Waals surface area contributed by atoms with Gasteiger partial charge in [0, 0.05) is 6.20 Å². The van der Waals surface area contributed by atoms with Crippen LogP contribution in [0, 0.1) is 0 Å². The van der Waals surface area contributed by atoms with Gasteiger partial charge < -0.3 is 10.5 Å². The van der Waals surface area contributed by atoms with E-state index < -0.39 is 5.60 Å². The number of hydrogen-bond donors (Lipinski definition) is 1. The number of halogens is 1. The standard InChI is InChI=1S/C12H20IN3O2/c1-8-6-15-10(9(13)5-14)7-16(8)11(17)18-12(2,3)4/h5,8H,6-7,14H2,1-4H3/t8-/m0/s1. The quantitative estimate of drug-likeness (QED) is 0.725. The number of nitrogens with two attached hydrogens (primary N) is 1. The summed E-state index contributed by atoms with van der Waals surface area (Å²) >= 11 is 2.12. The van der Waals surface area contributed by atoms with Crippen LogP contribution in [0.2, 0.25) is 0 Å². The number of aliphatic imine (C=N–C) groups is 1. The largest absolute Gasteiger partial charge is 0.444 e. The first-order valence-electron chi connectivity index (χ1n) is 5.85. The molecule has 1 rings (SSSR count). The maximum atomic E-state index is 12.1. The van der Waals surface area contributed by atoms with E-state index in [9.17, 15) is 4.79 Å². The average Bonchev–Trinajstić information content (AvgIpc) is 2.26. The van der Waals surface area contributed by atoms with Crippen LogP contribution in [0.15, 0.2) is 14.8 Å². The Balaban J connectivity index is 2.78. The fourth-order valence-corrected chi connectivity index (χ4v) is 1.86. The molecule has 0 saturated carbocycles. The number of rotatable bonds is 1. The fraction of sp³-hybridized carbons (Fsp3) is 0.667. The zero-order chi connectivity index (χ0) is 13.9. The van der Waals surface area contributed by atoms with Gasteiger partial charge in [-0.3, -0.25) is 9.89 Å². The molecule has 1 atom stereocenters. The highest BCUT2D eigenvalue weighted by Crippen LogP contribution is 2.18. The summed E-state index contributed by atoms with van der Waals surface area (Å²) in [5, 5.41) is 0. The minimum atomic E-state index is -0.484. The lowest BCUT2D eigenvalue weighted by molar-refractivity contribution is 0.0209. The molecule has 1 aliphatic rings. The summed E-state index contributed by atoms with van der Waals surface area (Å²) in [5.41, 5.74) is 5.83. The zero-order valence-corrected chi connectivity index (χ0v) is 13.4. The molecule has 1 aliphatic heterocycles. The molecule has 5 nitrogen and oxygen atoms in total. The molecule has 0 radical (unpaired) electrons. The topological polar surface area (TPSA) is 67.9 Å². The van der Waals surface area contributed by atoms with Crippen molar-refractivity contribution in [1.82, 2.24) is 4.90 Å². The van der Waals surface area contributed by atoms with Crippen LogP contribution >= 0.6 is 22.6 Å². The van der Waals surface area contributed by atoms with E-state index in [0.29, 0.717) is 13.1 Å². The van der Waals surface area contributed by atoms with Gasteiger partial charge in [-0.2, -0.15) is 0 Å². The van der Waals surface area contributed by atoms with Gasteiger partial charge in [-0.1, -0.05) is 0 Å². The minimum absolute atomic E-state index is 0.0468. The Morgan fingerprint density at radius 1 is 1.61 bits per heavy atom. The molecule has 0 aromatic carbocycles. The Bertz CT molecular complexity index is 385. The van der Waals surface area contributed by atoms with E-state index in [1.807, 2.05) is 27.7 Å². The molecule has 0 fully saturated rings. The molecule has 1 amide bonds. The van der Waals surface area contributed by atoms with Gasteiger partial charge in [-0.05, 0) is 50.3 Å². The Morgan fingerprint density at radius 3 is 2.72 bits per heavy atom. The first kappa shape index (κ1) is 15.3. The van der Waals surface area contributed by atoms with Crippen LogP contribution < -0.4 is 5.73 Å². The molecule has 0 bridgehead atoms. The lowest BCUT2D eigenvalue weighted by Crippen LogP contribution is -2.48. The Labute approximate surface area is 122 Å². The van der Waals surface area contributed by atoms with Gasteiger partial charge in [0.05, 0.1) is 28.4 Å². The minimum Gasteiger partial charge on any atom is -0.444 e. The van der Waals surface area contributed by atoms with Crippen LogP contribution in [0.25, 0.3) is 0 Å². The van der Waals surface area contributed by atoms with Crippen molar-refractivity contribution in [3.63, 3.8) is 0 Å². The van der Waals surface area contributed by atoms with Crippen LogP contribution in [0.1, 0.15) is 27.7 Å². The summed E-state index contributed by atoms with van der Waals surface area (Å²) < 4.78 is 6.26. The van der Waals surface area contributed by atoms with Crippen LogP contribution in [-0.4, -0.2) is 41.4 Å². The van der Waals surface area contributed by atoms with Gasteiger partial charge in [-0.25, -0.2) is 4.79 Å². The van der Waals surface area contributed by atoms with E-state index in [1.54, 1.807) is 4.90 Å². The highest BCUT2D eigenvalue weighted by atomic mass is 127. The van der Waals surface area contributed by atoms with Crippen LogP contribution in [0.4, 0.5) is 4.79 Å². The molecular formula is C12H20IN3O2. The summed E-state index contributed by atoms with van der Waals surface area (Å²) in [5.74, 6) is 0. The van der Waals surface area contributed by atoms with Crippen molar-refractivity contribution in [2.75, 3.05) is 13.1 Å². The van der Waals surface area contributed by atoms with Crippen molar-refractivity contribution < 1.29 is 9.53 Å². The van der Waals surface area contributed by atoms with E-state index in [1.165, 1.54) is 6.20 Å². The van der Waals surface area contributed by atoms with E-state index in [0.717, 1.165) is 9.29 Å². The van der Waals surface area contributed by atoms with Crippen LogP contribution in [0.5, 0.6) is 0 Å². The van der Waals surface area contributed by atoms with E-state index >= 15 is 0 Å². The molecular weight excluding hydrogens is 345 g/mol. The highest BCUT2D eigenvalue weighted by Gasteiger charge is 2.29. The fourth-order valence-electron chi connectivity index (χ4n) is 1.52. The van der Waals surface area contributed by atoms with Crippen molar-refractivity contribution in [2.45, 2.75) is 39.3 Å². The Kier molecular flexibility index (Phi) is 5.01. The number of ether oxygens (including phenoxy) is 1. The summed E-state index contributed by atoms with van der Waals surface area (Å²) in [6.07, 6.45) is 1.20. The van der Waals surface area contributed by atoms with Gasteiger partial charge in [0.1, 0.15) is 5.60 Å². The van der Waals surface area contributed by atoms with Crippen molar-refractivity contribution in [3.8, 4) is 0 Å². The van der Waals surface area contributed by atoms with Crippen molar-refractivity contribution in [1.29, 1.82) is 0 Å². The molecule has 18 heavy (non-hydrogen) atoms. The smallest absolute Gasteiger partial charge is 0.410 e. The average molecular weight is 365 g/mol. The highest BCUT2D eigenvalue weighted by molar-refractivity contribution is 14.1. The normalized spacial score (nSPS) is 21.6. The lowest BCUT2D eigenvalue weighted by Gasteiger charge is -2.34. The summed E-state index contributed by atoms with van der Waals surface area (Å²) in [7, 11) is 0. The number of carbonyl (C=O) groups excluding carboxylic acids is 1. The van der Waals surface area contributed by atoms with Crippen LogP contribution in [0.3, 0.4) is 0 Å². The van der Waals surface area contributed by atoms with Crippen LogP contribution in [-0.2, 0) is 4.74 Å². The maximum absolute atomic E-state index is 12.1. The molecule has 1 heterocycles. The third-order valence-electron chi connectivity index (χ3n) is 2.45. The first-order chi connectivity index (χ1) is 8.24. The lowest BCUT2D eigenvalue weighted by atomic mass is 10.2. The molecule has 0 aromatic rings. The first-order valence-corrected chi connectivity index (χ1v) is 6.93. The van der Waals surface area contributed by atoms with Gasteiger partial charge >= 0.3 is 6.09 Å². The molecule has 0 saturated heterocycles. The van der Waals surface area contributed by atoms with E-state index in [-0.39, 0.29) is 12.1 Å². The van der Waals surface area contributed by atoms with Gasteiger partial charge in [-0.15, -0.1) is 0 Å². The monoisotopic (exact) mass is 365 g/mol. The second kappa shape index (κ2) is 5.90. The third kappa shape index (κ3) is 4.15. The molecule has 0 aromatic heterocycles. The SMILES string of the molecule is C[C@H]1CN=C(C(I)=CN)CN1C(=O)OC(C)(C)C. The van der Waals surface area contributed by atoms with Crippen molar-refractivity contribution >= 4 is 34.4 Å². The van der Waals surface area contributed by atoms with E-state index in [2.05, 4.69) is 27.6 Å². The molecule has 2 N–H and O–H groups in total. The van der Waals surface area contributed by atoms with E-state index in [4.69, 9.17) is 10.5 Å². The number of carbonyl (C=O) groups is 1. The maximum Gasteiger partial charge on any atom is 0.410 e. The molecule has 102 valence electrons.